The Balaban J connectivity index is 1.55. The third-order valence-corrected chi connectivity index (χ3v) is 3.26. The second-order valence-corrected chi connectivity index (χ2v) is 5.11. The lowest BCUT2D eigenvalue weighted by Crippen LogP contribution is -2.23. The molecule has 0 aliphatic rings. The lowest BCUT2D eigenvalue weighted by atomic mass is 10.2. The Kier molecular flexibility index (Phi) is 4.63. The van der Waals surface area contributed by atoms with E-state index in [-0.39, 0.29) is 19.0 Å². The summed E-state index contributed by atoms with van der Waals surface area (Å²) in [6.07, 6.45) is 1.03. The molecule has 5 nitrogen and oxygen atoms in total. The van der Waals surface area contributed by atoms with Gasteiger partial charge in [0.1, 0.15) is 30.0 Å². The highest BCUT2D eigenvalue weighted by molar-refractivity contribution is 5.57. The molecule has 1 heterocycles. The summed E-state index contributed by atoms with van der Waals surface area (Å²) < 4.78 is 19.8. The summed E-state index contributed by atoms with van der Waals surface area (Å²) in [5.41, 5.74) is 1.72. The first kappa shape index (κ1) is 15.2. The number of ether oxygens (including phenoxy) is 1. The molecular weight excluding hydrogens is 297 g/mol. The predicted molar refractivity (Wildman–Crippen MR) is 83.4 cm³/mol. The SMILES string of the molecule is OC(COc1ccc(F)cc1)Cn1cc(-c2ccccc2)nn1. The standard InChI is InChI=1S/C17H16FN3O2/c18-14-6-8-16(9-7-14)23-12-15(22)10-21-11-17(19-20-21)13-4-2-1-3-5-13/h1-9,11,15,22H,10,12H2. The van der Waals surface area contributed by atoms with Crippen molar-refractivity contribution in [3.63, 3.8) is 0 Å². The largest absolute Gasteiger partial charge is 0.491 e. The van der Waals surface area contributed by atoms with E-state index in [4.69, 9.17) is 4.74 Å². The fraction of sp³-hybridized carbons (Fsp3) is 0.176. The Morgan fingerprint density at radius 3 is 2.57 bits per heavy atom. The molecule has 0 aliphatic carbocycles. The smallest absolute Gasteiger partial charge is 0.123 e. The van der Waals surface area contributed by atoms with Crippen LogP contribution in [0.4, 0.5) is 4.39 Å². The zero-order valence-electron chi connectivity index (χ0n) is 12.3. The summed E-state index contributed by atoms with van der Waals surface area (Å²) in [5.74, 6) is 0.183. The molecule has 1 unspecified atom stereocenters. The quantitative estimate of drug-likeness (QED) is 0.759. The molecule has 0 amide bonds. The molecule has 0 saturated carbocycles. The fourth-order valence-corrected chi connectivity index (χ4v) is 2.12. The van der Waals surface area contributed by atoms with Crippen molar-refractivity contribution in [1.29, 1.82) is 0 Å². The Morgan fingerprint density at radius 2 is 1.83 bits per heavy atom. The van der Waals surface area contributed by atoms with Gasteiger partial charge in [0.05, 0.1) is 12.7 Å². The number of benzene rings is 2. The van der Waals surface area contributed by atoms with E-state index in [2.05, 4.69) is 10.3 Å². The van der Waals surface area contributed by atoms with E-state index in [9.17, 15) is 9.50 Å². The van der Waals surface area contributed by atoms with E-state index < -0.39 is 6.10 Å². The molecule has 3 aromatic rings. The van der Waals surface area contributed by atoms with Gasteiger partial charge >= 0.3 is 0 Å². The zero-order valence-corrected chi connectivity index (χ0v) is 12.3. The Labute approximate surface area is 133 Å². The number of hydrogen-bond donors (Lipinski definition) is 1. The van der Waals surface area contributed by atoms with Crippen molar-refractivity contribution in [3.8, 4) is 17.0 Å². The van der Waals surface area contributed by atoms with Crippen LogP contribution >= 0.6 is 0 Å². The molecule has 0 spiro atoms. The van der Waals surface area contributed by atoms with Crippen LogP contribution in [0.5, 0.6) is 5.75 Å². The summed E-state index contributed by atoms with van der Waals surface area (Å²) in [5, 5.41) is 18.1. The van der Waals surface area contributed by atoms with Crippen LogP contribution < -0.4 is 4.74 Å². The van der Waals surface area contributed by atoms with E-state index in [1.807, 2.05) is 30.3 Å². The van der Waals surface area contributed by atoms with Gasteiger partial charge < -0.3 is 9.84 Å². The zero-order chi connectivity index (χ0) is 16.1. The highest BCUT2D eigenvalue weighted by Gasteiger charge is 2.09. The number of rotatable bonds is 6. The van der Waals surface area contributed by atoms with Gasteiger partial charge in [-0.3, -0.25) is 0 Å². The molecular formula is C17H16FN3O2. The van der Waals surface area contributed by atoms with Gasteiger partial charge in [-0.25, -0.2) is 9.07 Å². The minimum Gasteiger partial charge on any atom is -0.491 e. The van der Waals surface area contributed by atoms with Crippen molar-refractivity contribution in [2.24, 2.45) is 0 Å². The van der Waals surface area contributed by atoms with Crippen LogP contribution in [-0.4, -0.2) is 32.8 Å². The summed E-state index contributed by atoms with van der Waals surface area (Å²) in [6, 6.07) is 15.3. The van der Waals surface area contributed by atoms with Crippen molar-refractivity contribution in [1.82, 2.24) is 15.0 Å². The van der Waals surface area contributed by atoms with E-state index in [1.54, 1.807) is 10.9 Å². The first-order valence-electron chi connectivity index (χ1n) is 7.23. The van der Waals surface area contributed by atoms with Crippen LogP contribution in [0.2, 0.25) is 0 Å². The van der Waals surface area contributed by atoms with Gasteiger partial charge in [0, 0.05) is 5.56 Å². The number of halogens is 1. The number of nitrogens with zero attached hydrogens (tertiary/aromatic N) is 3. The number of aliphatic hydroxyl groups is 1. The molecule has 1 N–H and O–H groups in total. The molecule has 3 rings (SSSR count). The Bertz CT molecular complexity index is 744. The van der Waals surface area contributed by atoms with Crippen molar-refractivity contribution < 1.29 is 14.2 Å². The minimum absolute atomic E-state index is 0.0894. The van der Waals surface area contributed by atoms with E-state index in [0.717, 1.165) is 11.3 Å². The van der Waals surface area contributed by atoms with Crippen molar-refractivity contribution in [3.05, 3.63) is 66.6 Å². The van der Waals surface area contributed by atoms with Crippen LogP contribution in [0.15, 0.2) is 60.8 Å². The highest BCUT2D eigenvalue weighted by Crippen LogP contribution is 2.15. The predicted octanol–water partition coefficient (Wildman–Crippen LogP) is 2.52. The molecule has 1 atom stereocenters. The molecule has 6 heteroatoms. The lowest BCUT2D eigenvalue weighted by molar-refractivity contribution is 0.0888. The number of hydrogen-bond acceptors (Lipinski definition) is 4. The third-order valence-electron chi connectivity index (χ3n) is 3.26. The van der Waals surface area contributed by atoms with Crippen molar-refractivity contribution in [2.45, 2.75) is 12.6 Å². The molecule has 0 bridgehead atoms. The first-order valence-corrected chi connectivity index (χ1v) is 7.23. The lowest BCUT2D eigenvalue weighted by Gasteiger charge is -2.11. The molecule has 23 heavy (non-hydrogen) atoms. The maximum Gasteiger partial charge on any atom is 0.123 e. The van der Waals surface area contributed by atoms with Gasteiger partial charge in [0.15, 0.2) is 0 Å². The van der Waals surface area contributed by atoms with Gasteiger partial charge in [-0.1, -0.05) is 35.5 Å². The van der Waals surface area contributed by atoms with Crippen molar-refractivity contribution >= 4 is 0 Å². The van der Waals surface area contributed by atoms with Gasteiger partial charge in [0.25, 0.3) is 0 Å². The number of aromatic nitrogens is 3. The van der Waals surface area contributed by atoms with Crippen LogP contribution in [0, 0.1) is 5.82 Å². The average molecular weight is 313 g/mol. The summed E-state index contributed by atoms with van der Waals surface area (Å²) in [4.78, 5) is 0. The third kappa shape index (κ3) is 4.14. The maximum atomic E-state index is 12.8. The van der Waals surface area contributed by atoms with Gasteiger partial charge in [-0.2, -0.15) is 0 Å². The first-order chi connectivity index (χ1) is 11.2. The second-order valence-electron chi connectivity index (χ2n) is 5.11. The Morgan fingerprint density at radius 1 is 1.09 bits per heavy atom. The van der Waals surface area contributed by atoms with Crippen molar-refractivity contribution in [2.75, 3.05) is 6.61 Å². The monoisotopic (exact) mass is 313 g/mol. The van der Waals surface area contributed by atoms with Gasteiger partial charge in [-0.15, -0.1) is 5.10 Å². The van der Waals surface area contributed by atoms with E-state index >= 15 is 0 Å². The molecule has 2 aromatic carbocycles. The molecule has 0 radical (unpaired) electrons. The topological polar surface area (TPSA) is 60.2 Å². The second kappa shape index (κ2) is 7.02. The Hall–Kier alpha value is -2.73. The molecule has 0 fully saturated rings. The van der Waals surface area contributed by atoms with E-state index in [1.165, 1.54) is 24.3 Å². The molecule has 0 aliphatic heterocycles. The highest BCUT2D eigenvalue weighted by atomic mass is 19.1. The molecule has 118 valence electrons. The maximum absolute atomic E-state index is 12.8. The summed E-state index contributed by atoms with van der Waals surface area (Å²) in [7, 11) is 0. The van der Waals surface area contributed by atoms with Gasteiger partial charge in [0.2, 0.25) is 0 Å². The fourth-order valence-electron chi connectivity index (χ4n) is 2.12. The average Bonchev–Trinajstić information content (AvgIpc) is 3.04. The van der Waals surface area contributed by atoms with Crippen LogP contribution in [0.3, 0.4) is 0 Å². The normalized spacial score (nSPS) is 12.1. The molecule has 1 aromatic heterocycles. The van der Waals surface area contributed by atoms with Crippen LogP contribution in [0.1, 0.15) is 0 Å². The van der Waals surface area contributed by atoms with Gasteiger partial charge in [-0.05, 0) is 24.3 Å². The number of aliphatic hydroxyl groups excluding tert-OH is 1. The minimum atomic E-state index is -0.745. The van der Waals surface area contributed by atoms with Crippen LogP contribution in [0.25, 0.3) is 11.3 Å². The summed E-state index contributed by atoms with van der Waals surface area (Å²) >= 11 is 0. The summed E-state index contributed by atoms with van der Waals surface area (Å²) in [6.45, 7) is 0.354. The molecule has 0 saturated heterocycles. The van der Waals surface area contributed by atoms with E-state index in [0.29, 0.717) is 5.75 Å². The van der Waals surface area contributed by atoms with Crippen LogP contribution in [-0.2, 0) is 6.54 Å².